The lowest BCUT2D eigenvalue weighted by Crippen LogP contribution is -2.43. The van der Waals surface area contributed by atoms with Crippen LogP contribution in [0.4, 0.5) is 0 Å². The first kappa shape index (κ1) is 13.7. The number of rotatable bonds is 1. The second kappa shape index (κ2) is 8.43. The monoisotopic (exact) mass is 296 g/mol. The van der Waals surface area contributed by atoms with Crippen molar-refractivity contribution in [1.29, 1.82) is 0 Å². The molecule has 2 saturated heterocycles. The SMILES string of the molecule is C1CSCN(N2CSCCCSC2)CSC1. The minimum absolute atomic E-state index is 1.19. The van der Waals surface area contributed by atoms with E-state index in [4.69, 9.17) is 0 Å². The van der Waals surface area contributed by atoms with Crippen LogP contribution >= 0.6 is 47.0 Å². The van der Waals surface area contributed by atoms with Gasteiger partial charge in [-0.15, -0.1) is 47.0 Å². The maximum Gasteiger partial charge on any atom is 0.0599 e. The first-order valence-corrected chi connectivity index (χ1v) is 10.4. The molecule has 2 heterocycles. The zero-order valence-corrected chi connectivity index (χ0v) is 12.9. The summed E-state index contributed by atoms with van der Waals surface area (Å²) >= 11 is 8.38. The Balaban J connectivity index is 1.81. The van der Waals surface area contributed by atoms with Crippen LogP contribution in [-0.2, 0) is 0 Å². The van der Waals surface area contributed by atoms with Crippen LogP contribution in [0, 0.1) is 0 Å². The second-order valence-electron chi connectivity index (χ2n) is 3.87. The third-order valence-corrected chi connectivity index (χ3v) is 6.75. The van der Waals surface area contributed by atoms with Crippen molar-refractivity contribution in [1.82, 2.24) is 10.0 Å². The van der Waals surface area contributed by atoms with Crippen molar-refractivity contribution in [2.24, 2.45) is 0 Å². The van der Waals surface area contributed by atoms with E-state index in [0.29, 0.717) is 0 Å². The molecule has 0 amide bonds. The first-order chi connectivity index (χ1) is 7.97. The molecule has 2 rings (SSSR count). The van der Waals surface area contributed by atoms with Gasteiger partial charge in [-0.05, 0) is 35.9 Å². The van der Waals surface area contributed by atoms with Crippen molar-refractivity contribution in [3.05, 3.63) is 0 Å². The van der Waals surface area contributed by atoms with Gasteiger partial charge in [0.15, 0.2) is 0 Å². The summed E-state index contributed by atoms with van der Waals surface area (Å²) in [5.74, 6) is 10.1. The van der Waals surface area contributed by atoms with Gasteiger partial charge < -0.3 is 0 Å². The average Bonchev–Trinajstić information content (AvgIpc) is 2.18. The van der Waals surface area contributed by atoms with Gasteiger partial charge in [-0.3, -0.25) is 0 Å². The fraction of sp³-hybridized carbons (Fsp3) is 1.00. The Labute approximate surface area is 116 Å². The predicted octanol–water partition coefficient (Wildman–Crippen LogP) is 3.08. The number of nitrogens with zero attached hydrogens (tertiary/aromatic N) is 2. The van der Waals surface area contributed by atoms with Gasteiger partial charge in [-0.1, -0.05) is 0 Å². The van der Waals surface area contributed by atoms with Crippen LogP contribution in [0.3, 0.4) is 0 Å². The molecule has 0 atom stereocenters. The number of hydrogen-bond donors (Lipinski definition) is 0. The highest BCUT2D eigenvalue weighted by molar-refractivity contribution is 8.01. The summed E-state index contributed by atoms with van der Waals surface area (Å²) in [7, 11) is 0. The van der Waals surface area contributed by atoms with Crippen LogP contribution < -0.4 is 0 Å². The Hall–Kier alpha value is 1.32. The van der Waals surface area contributed by atoms with E-state index in [9.17, 15) is 0 Å². The van der Waals surface area contributed by atoms with Crippen molar-refractivity contribution in [2.45, 2.75) is 12.8 Å². The standard InChI is InChI=1S/C10H20N2S4/c1-3-13-7-11(8-14-4-1)12-9-15-5-2-6-16-10-12/h1-10H2. The molecule has 0 aromatic rings. The lowest BCUT2D eigenvalue weighted by molar-refractivity contribution is 0.0570. The smallest absolute Gasteiger partial charge is 0.0599 e. The number of thioether (sulfide) groups is 4. The van der Waals surface area contributed by atoms with Crippen LogP contribution in [0.5, 0.6) is 0 Å². The normalized spacial score (nSPS) is 27.8. The highest BCUT2D eigenvalue weighted by atomic mass is 32.2. The quantitative estimate of drug-likeness (QED) is 0.728. The van der Waals surface area contributed by atoms with Crippen molar-refractivity contribution in [2.75, 3.05) is 46.5 Å². The molecule has 2 aliphatic heterocycles. The molecular formula is C10H20N2S4. The summed E-state index contributed by atoms with van der Waals surface area (Å²) in [5, 5.41) is 5.11. The van der Waals surface area contributed by atoms with Crippen LogP contribution in [-0.4, -0.2) is 56.5 Å². The summed E-state index contributed by atoms with van der Waals surface area (Å²) < 4.78 is 0. The summed E-state index contributed by atoms with van der Waals surface area (Å²) in [6.07, 6.45) is 2.76. The fourth-order valence-electron chi connectivity index (χ4n) is 1.61. The van der Waals surface area contributed by atoms with Gasteiger partial charge in [0.1, 0.15) is 0 Å². The van der Waals surface area contributed by atoms with Crippen LogP contribution in [0.25, 0.3) is 0 Å². The van der Waals surface area contributed by atoms with Crippen molar-refractivity contribution in [3.63, 3.8) is 0 Å². The molecule has 0 aromatic carbocycles. The minimum atomic E-state index is 1.19. The van der Waals surface area contributed by atoms with E-state index in [1.807, 2.05) is 0 Å². The molecular weight excluding hydrogens is 276 g/mol. The highest BCUT2D eigenvalue weighted by Gasteiger charge is 2.17. The molecule has 0 unspecified atom stereocenters. The maximum atomic E-state index is 2.56. The largest absolute Gasteiger partial charge is 0.220 e. The summed E-state index contributed by atoms with van der Waals surface area (Å²) in [4.78, 5) is 0. The predicted molar refractivity (Wildman–Crippen MR) is 82.2 cm³/mol. The van der Waals surface area contributed by atoms with Gasteiger partial charge in [0, 0.05) is 0 Å². The Morgan fingerprint density at radius 2 is 0.812 bits per heavy atom. The molecule has 0 N–H and O–H groups in total. The van der Waals surface area contributed by atoms with E-state index in [1.54, 1.807) is 0 Å². The summed E-state index contributed by atoms with van der Waals surface area (Å²) in [5.41, 5.74) is 0. The molecule has 16 heavy (non-hydrogen) atoms. The molecule has 2 nitrogen and oxygen atoms in total. The first-order valence-electron chi connectivity index (χ1n) is 5.77. The third kappa shape index (κ3) is 4.90. The van der Waals surface area contributed by atoms with Gasteiger partial charge in [-0.25, -0.2) is 10.0 Å². The van der Waals surface area contributed by atoms with Crippen LogP contribution in [0.2, 0.25) is 0 Å². The lowest BCUT2D eigenvalue weighted by Gasteiger charge is -2.35. The Morgan fingerprint density at radius 3 is 1.12 bits per heavy atom. The van der Waals surface area contributed by atoms with Crippen molar-refractivity contribution >= 4 is 47.0 Å². The van der Waals surface area contributed by atoms with Crippen LogP contribution in [0.1, 0.15) is 12.8 Å². The molecule has 2 aliphatic rings. The zero-order chi connectivity index (χ0) is 11.1. The number of hydrazine groups is 1. The van der Waals surface area contributed by atoms with E-state index in [1.165, 1.54) is 59.4 Å². The van der Waals surface area contributed by atoms with E-state index in [2.05, 4.69) is 57.1 Å². The van der Waals surface area contributed by atoms with E-state index in [-0.39, 0.29) is 0 Å². The van der Waals surface area contributed by atoms with Crippen molar-refractivity contribution in [3.8, 4) is 0 Å². The molecule has 0 bridgehead atoms. The molecule has 0 aromatic heterocycles. The fourth-order valence-corrected chi connectivity index (χ4v) is 5.98. The van der Waals surface area contributed by atoms with Gasteiger partial charge in [0.25, 0.3) is 0 Å². The van der Waals surface area contributed by atoms with E-state index in [0.717, 1.165) is 0 Å². The molecule has 0 spiro atoms. The molecule has 0 radical (unpaired) electrons. The average molecular weight is 297 g/mol. The topological polar surface area (TPSA) is 6.48 Å². The molecule has 0 aliphatic carbocycles. The molecule has 2 fully saturated rings. The van der Waals surface area contributed by atoms with Gasteiger partial charge in [0.2, 0.25) is 0 Å². The Kier molecular flexibility index (Phi) is 7.24. The molecule has 0 saturated carbocycles. The van der Waals surface area contributed by atoms with Gasteiger partial charge in [0.05, 0.1) is 23.5 Å². The number of hydrogen-bond acceptors (Lipinski definition) is 6. The third-order valence-electron chi connectivity index (χ3n) is 2.52. The maximum absolute atomic E-state index is 2.56. The highest BCUT2D eigenvalue weighted by Crippen LogP contribution is 2.23. The van der Waals surface area contributed by atoms with Crippen LogP contribution in [0.15, 0.2) is 0 Å². The summed E-state index contributed by atoms with van der Waals surface area (Å²) in [6.45, 7) is 0. The molecule has 94 valence electrons. The minimum Gasteiger partial charge on any atom is -0.220 e. The zero-order valence-electron chi connectivity index (χ0n) is 9.60. The van der Waals surface area contributed by atoms with Crippen molar-refractivity contribution < 1.29 is 0 Å². The Bertz CT molecular complexity index is 158. The van der Waals surface area contributed by atoms with Gasteiger partial charge >= 0.3 is 0 Å². The van der Waals surface area contributed by atoms with E-state index >= 15 is 0 Å². The summed E-state index contributed by atoms with van der Waals surface area (Å²) in [6, 6.07) is 0. The van der Waals surface area contributed by atoms with E-state index < -0.39 is 0 Å². The van der Waals surface area contributed by atoms with Gasteiger partial charge in [-0.2, -0.15) is 0 Å². The second-order valence-corrected chi connectivity index (χ2v) is 8.17. The lowest BCUT2D eigenvalue weighted by atomic mass is 10.6. The Morgan fingerprint density at radius 1 is 0.500 bits per heavy atom. The molecule has 6 heteroatoms.